The molecule has 0 fully saturated rings. The predicted octanol–water partition coefficient (Wildman–Crippen LogP) is 2.10. The van der Waals surface area contributed by atoms with Gasteiger partial charge in [0.05, 0.1) is 20.8 Å². The maximum atomic E-state index is 12.3. The van der Waals surface area contributed by atoms with E-state index in [1.807, 2.05) is 0 Å². The van der Waals surface area contributed by atoms with Crippen molar-refractivity contribution in [1.82, 2.24) is 4.90 Å². The average molecular weight is 360 g/mol. The molecule has 0 spiro atoms. The normalized spacial score (nSPS) is 9.95. The molecule has 1 amide bonds. The van der Waals surface area contributed by atoms with Crippen LogP contribution in [0.1, 0.15) is 17.3 Å². The van der Waals surface area contributed by atoms with E-state index in [0.29, 0.717) is 21.5 Å². The van der Waals surface area contributed by atoms with E-state index in [0.717, 1.165) is 0 Å². The minimum absolute atomic E-state index is 0.118. The van der Waals surface area contributed by atoms with Crippen molar-refractivity contribution in [2.75, 3.05) is 34.4 Å². The Kier molecular flexibility index (Phi) is 6.48. The van der Waals surface area contributed by atoms with Gasteiger partial charge < -0.3 is 19.1 Å². The van der Waals surface area contributed by atoms with Crippen LogP contribution in [0, 0.1) is 0 Å². The molecule has 1 rings (SSSR count). The van der Waals surface area contributed by atoms with Crippen LogP contribution in [0.5, 0.6) is 11.5 Å². The van der Waals surface area contributed by atoms with Crippen LogP contribution < -0.4 is 9.47 Å². The number of halogens is 1. The first-order chi connectivity index (χ1) is 9.94. The number of benzene rings is 1. The number of likely N-dealkylation sites (N-methyl/N-ethyl adjacent to an activating group) is 1. The van der Waals surface area contributed by atoms with Crippen LogP contribution in [-0.2, 0) is 9.53 Å². The van der Waals surface area contributed by atoms with Crippen LogP contribution in [0.4, 0.5) is 0 Å². The SMILES string of the molecule is CCOC(=O)CN(C)C(=O)c1cc(OC)c(Br)c(OC)c1. The second-order valence-corrected chi connectivity index (χ2v) is 4.95. The van der Waals surface area contributed by atoms with Crippen LogP contribution in [0.25, 0.3) is 0 Å². The highest BCUT2D eigenvalue weighted by Crippen LogP contribution is 2.35. The van der Waals surface area contributed by atoms with Crippen molar-refractivity contribution in [2.24, 2.45) is 0 Å². The number of methoxy groups -OCH3 is 2. The Morgan fingerprint density at radius 1 is 1.19 bits per heavy atom. The van der Waals surface area contributed by atoms with Gasteiger partial charge in [0, 0.05) is 12.6 Å². The van der Waals surface area contributed by atoms with Gasteiger partial charge in [-0.3, -0.25) is 9.59 Å². The van der Waals surface area contributed by atoms with E-state index in [1.54, 1.807) is 19.1 Å². The highest BCUT2D eigenvalue weighted by atomic mass is 79.9. The van der Waals surface area contributed by atoms with Crippen LogP contribution >= 0.6 is 15.9 Å². The topological polar surface area (TPSA) is 65.1 Å². The van der Waals surface area contributed by atoms with Crippen LogP contribution in [0.3, 0.4) is 0 Å². The second kappa shape index (κ2) is 7.87. The van der Waals surface area contributed by atoms with Crippen molar-refractivity contribution < 1.29 is 23.8 Å². The lowest BCUT2D eigenvalue weighted by atomic mass is 10.1. The Morgan fingerprint density at radius 2 is 1.71 bits per heavy atom. The number of hydrogen-bond donors (Lipinski definition) is 0. The number of carbonyl (C=O) groups excluding carboxylic acids is 2. The van der Waals surface area contributed by atoms with E-state index in [9.17, 15) is 9.59 Å². The summed E-state index contributed by atoms with van der Waals surface area (Å²) < 4.78 is 15.8. The standard InChI is InChI=1S/C14H18BrNO5/c1-5-21-12(17)8-16(2)14(18)9-6-10(19-3)13(15)11(7-9)20-4/h6-7H,5,8H2,1-4H3. The molecule has 0 bridgehead atoms. The molecule has 0 aromatic heterocycles. The van der Waals surface area contributed by atoms with Gasteiger partial charge in [-0.1, -0.05) is 0 Å². The molecule has 1 aromatic carbocycles. The second-order valence-electron chi connectivity index (χ2n) is 4.16. The van der Waals surface area contributed by atoms with Crippen molar-refractivity contribution >= 4 is 27.8 Å². The fourth-order valence-corrected chi connectivity index (χ4v) is 2.24. The third kappa shape index (κ3) is 4.35. The molecule has 0 aliphatic heterocycles. The molecule has 0 N–H and O–H groups in total. The zero-order valence-corrected chi connectivity index (χ0v) is 14.0. The lowest BCUT2D eigenvalue weighted by Gasteiger charge is -2.17. The van der Waals surface area contributed by atoms with E-state index in [-0.39, 0.29) is 19.1 Å². The fourth-order valence-electron chi connectivity index (χ4n) is 1.69. The maximum absolute atomic E-state index is 12.3. The summed E-state index contributed by atoms with van der Waals surface area (Å²) in [6.45, 7) is 1.87. The molecular formula is C14H18BrNO5. The summed E-state index contributed by atoms with van der Waals surface area (Å²) in [7, 11) is 4.52. The molecule has 116 valence electrons. The Bertz CT molecular complexity index is 507. The number of carbonyl (C=O) groups is 2. The molecule has 0 heterocycles. The molecule has 0 saturated carbocycles. The third-order valence-corrected chi connectivity index (χ3v) is 3.49. The molecule has 0 unspecified atom stereocenters. The van der Waals surface area contributed by atoms with Gasteiger partial charge in [0.1, 0.15) is 22.5 Å². The summed E-state index contributed by atoms with van der Waals surface area (Å²) >= 11 is 3.33. The van der Waals surface area contributed by atoms with Gasteiger partial charge in [-0.05, 0) is 35.0 Å². The average Bonchev–Trinajstić information content (AvgIpc) is 2.46. The van der Waals surface area contributed by atoms with Crippen molar-refractivity contribution in [3.8, 4) is 11.5 Å². The summed E-state index contributed by atoms with van der Waals surface area (Å²) in [5.74, 6) is 0.168. The number of rotatable bonds is 6. The number of esters is 1. The van der Waals surface area contributed by atoms with E-state index in [4.69, 9.17) is 14.2 Å². The molecule has 6 nitrogen and oxygen atoms in total. The lowest BCUT2D eigenvalue weighted by Crippen LogP contribution is -2.33. The first-order valence-electron chi connectivity index (χ1n) is 6.27. The Morgan fingerprint density at radius 3 is 2.14 bits per heavy atom. The molecule has 0 atom stereocenters. The number of nitrogens with zero attached hydrogens (tertiary/aromatic N) is 1. The maximum Gasteiger partial charge on any atom is 0.325 e. The van der Waals surface area contributed by atoms with Crippen molar-refractivity contribution in [3.05, 3.63) is 22.2 Å². The minimum atomic E-state index is -0.454. The Balaban J connectivity index is 2.99. The van der Waals surface area contributed by atoms with Crippen LogP contribution in [0.15, 0.2) is 16.6 Å². The molecule has 0 radical (unpaired) electrons. The van der Waals surface area contributed by atoms with Gasteiger partial charge in [0.25, 0.3) is 5.91 Å². The van der Waals surface area contributed by atoms with Gasteiger partial charge in [-0.15, -0.1) is 0 Å². The van der Waals surface area contributed by atoms with E-state index in [1.165, 1.54) is 26.2 Å². The first kappa shape index (κ1) is 17.3. The van der Waals surface area contributed by atoms with Crippen molar-refractivity contribution in [2.45, 2.75) is 6.92 Å². The third-order valence-electron chi connectivity index (χ3n) is 2.71. The predicted molar refractivity (Wildman–Crippen MR) is 80.8 cm³/mol. The van der Waals surface area contributed by atoms with Gasteiger partial charge in [-0.25, -0.2) is 0 Å². The number of ether oxygens (including phenoxy) is 3. The van der Waals surface area contributed by atoms with Crippen LogP contribution in [0.2, 0.25) is 0 Å². The minimum Gasteiger partial charge on any atom is -0.495 e. The molecule has 0 aliphatic carbocycles. The summed E-state index contributed by atoms with van der Waals surface area (Å²) in [6, 6.07) is 3.16. The van der Waals surface area contributed by atoms with E-state index < -0.39 is 5.97 Å². The number of amides is 1. The number of hydrogen-bond acceptors (Lipinski definition) is 5. The summed E-state index contributed by atoms with van der Waals surface area (Å²) in [5.41, 5.74) is 0.360. The highest BCUT2D eigenvalue weighted by Gasteiger charge is 2.19. The lowest BCUT2D eigenvalue weighted by molar-refractivity contribution is -0.143. The van der Waals surface area contributed by atoms with Gasteiger partial charge >= 0.3 is 5.97 Å². The van der Waals surface area contributed by atoms with E-state index >= 15 is 0 Å². The molecular weight excluding hydrogens is 342 g/mol. The monoisotopic (exact) mass is 359 g/mol. The Labute approximate surface area is 132 Å². The largest absolute Gasteiger partial charge is 0.495 e. The quantitative estimate of drug-likeness (QED) is 0.727. The van der Waals surface area contributed by atoms with Gasteiger partial charge in [0.15, 0.2) is 0 Å². The summed E-state index contributed by atoms with van der Waals surface area (Å²) in [5, 5.41) is 0. The molecule has 1 aromatic rings. The van der Waals surface area contributed by atoms with Gasteiger partial charge in [-0.2, -0.15) is 0 Å². The van der Waals surface area contributed by atoms with E-state index in [2.05, 4.69) is 15.9 Å². The molecule has 0 saturated heterocycles. The first-order valence-corrected chi connectivity index (χ1v) is 7.06. The smallest absolute Gasteiger partial charge is 0.325 e. The van der Waals surface area contributed by atoms with Crippen molar-refractivity contribution in [1.29, 1.82) is 0 Å². The van der Waals surface area contributed by atoms with Crippen LogP contribution in [-0.4, -0.2) is 51.2 Å². The highest BCUT2D eigenvalue weighted by molar-refractivity contribution is 9.10. The summed E-state index contributed by atoms with van der Waals surface area (Å²) in [4.78, 5) is 25.0. The molecule has 7 heteroatoms. The molecule has 0 aliphatic rings. The van der Waals surface area contributed by atoms with Gasteiger partial charge in [0.2, 0.25) is 0 Å². The zero-order valence-electron chi connectivity index (χ0n) is 12.4. The fraction of sp³-hybridized carbons (Fsp3) is 0.429. The van der Waals surface area contributed by atoms with Crippen molar-refractivity contribution in [3.63, 3.8) is 0 Å². The molecule has 21 heavy (non-hydrogen) atoms. The Hall–Kier alpha value is -1.76. The zero-order chi connectivity index (χ0) is 16.0. The summed E-state index contributed by atoms with van der Waals surface area (Å²) in [6.07, 6.45) is 0.